The molecule has 0 aliphatic heterocycles. The minimum absolute atomic E-state index is 0. The first-order valence-corrected chi connectivity index (χ1v) is 7.68. The molecule has 0 fully saturated rings. The summed E-state index contributed by atoms with van der Waals surface area (Å²) in [5.41, 5.74) is 2.99. The number of carbonyl (C=O) groups is 1. The van der Waals surface area contributed by atoms with Gasteiger partial charge >= 0.3 is 0 Å². The number of carbonyl (C=O) groups excluding carboxylic acids is 1. The molecule has 2 heterocycles. The smallest absolute Gasteiger partial charge is 0.221 e. The zero-order valence-electron chi connectivity index (χ0n) is 14.8. The SMILES string of the molecule is C(=C\c1ccncc1)/c1ccncc1.CC(=O)Nc1ccc(O)cc1.O.O. The third-order valence-electron chi connectivity index (χ3n) is 3.07. The highest BCUT2D eigenvalue weighted by molar-refractivity contribution is 5.88. The maximum Gasteiger partial charge on any atom is 0.221 e. The van der Waals surface area contributed by atoms with Gasteiger partial charge in [-0.1, -0.05) is 12.2 Å². The van der Waals surface area contributed by atoms with Crippen LogP contribution in [0.15, 0.2) is 73.3 Å². The van der Waals surface area contributed by atoms with E-state index >= 15 is 0 Å². The molecule has 1 aromatic carbocycles. The molecule has 7 nitrogen and oxygen atoms in total. The van der Waals surface area contributed by atoms with Crippen molar-refractivity contribution in [3.8, 4) is 5.75 Å². The monoisotopic (exact) mass is 369 g/mol. The number of phenols is 1. The highest BCUT2D eigenvalue weighted by atomic mass is 16.3. The third-order valence-corrected chi connectivity index (χ3v) is 3.07. The fourth-order valence-electron chi connectivity index (χ4n) is 1.89. The van der Waals surface area contributed by atoms with E-state index < -0.39 is 0 Å². The fraction of sp³-hybridized carbons (Fsp3) is 0.0500. The predicted octanol–water partition coefficient (Wildman–Crippen LogP) is 2.35. The summed E-state index contributed by atoms with van der Waals surface area (Å²) >= 11 is 0. The molecule has 2 aromatic heterocycles. The van der Waals surface area contributed by atoms with E-state index in [1.807, 2.05) is 24.3 Å². The molecule has 7 heteroatoms. The van der Waals surface area contributed by atoms with Gasteiger partial charge in [-0.05, 0) is 59.7 Å². The van der Waals surface area contributed by atoms with Crippen molar-refractivity contribution < 1.29 is 20.9 Å². The number of anilines is 1. The second-order valence-corrected chi connectivity index (χ2v) is 5.12. The van der Waals surface area contributed by atoms with E-state index in [0.29, 0.717) is 5.69 Å². The number of nitrogens with zero attached hydrogens (tertiary/aromatic N) is 2. The van der Waals surface area contributed by atoms with Gasteiger partial charge in [0.05, 0.1) is 0 Å². The number of hydrogen-bond acceptors (Lipinski definition) is 4. The van der Waals surface area contributed by atoms with E-state index in [-0.39, 0.29) is 22.6 Å². The van der Waals surface area contributed by atoms with Crippen molar-refractivity contribution in [2.75, 3.05) is 5.32 Å². The minimum Gasteiger partial charge on any atom is -0.508 e. The van der Waals surface area contributed by atoms with Gasteiger partial charge in [-0.3, -0.25) is 14.8 Å². The van der Waals surface area contributed by atoms with E-state index in [9.17, 15) is 4.79 Å². The van der Waals surface area contributed by atoms with Crippen molar-refractivity contribution >= 4 is 23.7 Å². The van der Waals surface area contributed by atoms with Crippen LogP contribution in [0.1, 0.15) is 18.1 Å². The number of rotatable bonds is 3. The van der Waals surface area contributed by atoms with Gasteiger partial charge in [0.15, 0.2) is 0 Å². The summed E-state index contributed by atoms with van der Waals surface area (Å²) in [6.45, 7) is 1.44. The molecule has 0 saturated carbocycles. The van der Waals surface area contributed by atoms with Gasteiger partial charge in [0, 0.05) is 37.4 Å². The highest BCUT2D eigenvalue weighted by Gasteiger charge is 1.93. The van der Waals surface area contributed by atoms with Crippen LogP contribution in [0, 0.1) is 0 Å². The van der Waals surface area contributed by atoms with Crippen LogP contribution < -0.4 is 5.32 Å². The molecule has 0 aliphatic carbocycles. The number of hydrogen-bond donors (Lipinski definition) is 2. The summed E-state index contributed by atoms with van der Waals surface area (Å²) < 4.78 is 0. The second kappa shape index (κ2) is 12.8. The molecule has 0 atom stereocenters. The molecule has 0 radical (unpaired) electrons. The largest absolute Gasteiger partial charge is 0.508 e. The quantitative estimate of drug-likeness (QED) is 0.684. The number of benzene rings is 1. The van der Waals surface area contributed by atoms with E-state index in [1.54, 1.807) is 36.9 Å². The van der Waals surface area contributed by atoms with Gasteiger partial charge in [0.2, 0.25) is 5.91 Å². The maximum absolute atomic E-state index is 10.5. The first-order chi connectivity index (χ1) is 12.1. The van der Waals surface area contributed by atoms with Crippen LogP contribution in [-0.2, 0) is 4.79 Å². The van der Waals surface area contributed by atoms with Gasteiger partial charge in [0.25, 0.3) is 0 Å². The van der Waals surface area contributed by atoms with Gasteiger partial charge in [-0.15, -0.1) is 0 Å². The summed E-state index contributed by atoms with van der Waals surface area (Å²) in [5.74, 6) is 0.0785. The van der Waals surface area contributed by atoms with Crippen LogP contribution in [0.25, 0.3) is 12.2 Å². The number of aromatic hydroxyl groups is 1. The Hall–Kier alpha value is -3.55. The van der Waals surface area contributed by atoms with Crippen molar-refractivity contribution in [1.82, 2.24) is 9.97 Å². The average molecular weight is 369 g/mol. The maximum atomic E-state index is 10.5. The van der Waals surface area contributed by atoms with Crippen LogP contribution in [0.3, 0.4) is 0 Å². The van der Waals surface area contributed by atoms with Crippen molar-refractivity contribution in [2.45, 2.75) is 6.92 Å². The van der Waals surface area contributed by atoms with Crippen molar-refractivity contribution in [1.29, 1.82) is 0 Å². The first kappa shape index (κ1) is 23.4. The number of aromatic nitrogens is 2. The zero-order chi connectivity index (χ0) is 17.9. The number of amides is 1. The molecule has 6 N–H and O–H groups in total. The van der Waals surface area contributed by atoms with Crippen LogP contribution >= 0.6 is 0 Å². The summed E-state index contributed by atoms with van der Waals surface area (Å²) in [6, 6.07) is 14.2. The molecule has 1 amide bonds. The molecular weight excluding hydrogens is 346 g/mol. The van der Waals surface area contributed by atoms with Crippen molar-refractivity contribution in [3.05, 3.63) is 84.4 Å². The topological polar surface area (TPSA) is 138 Å². The Labute approximate surface area is 157 Å². The predicted molar refractivity (Wildman–Crippen MR) is 107 cm³/mol. The Balaban J connectivity index is 0.000000479. The Morgan fingerprint density at radius 3 is 1.59 bits per heavy atom. The number of nitrogens with one attached hydrogen (secondary N) is 1. The van der Waals surface area contributed by atoms with E-state index in [2.05, 4.69) is 27.4 Å². The second-order valence-electron chi connectivity index (χ2n) is 5.12. The summed E-state index contributed by atoms with van der Waals surface area (Å²) in [4.78, 5) is 18.4. The van der Waals surface area contributed by atoms with Crippen LogP contribution in [0.2, 0.25) is 0 Å². The molecule has 27 heavy (non-hydrogen) atoms. The third kappa shape index (κ3) is 9.49. The summed E-state index contributed by atoms with van der Waals surface area (Å²) in [7, 11) is 0. The molecule has 0 unspecified atom stereocenters. The molecule has 0 spiro atoms. The molecule has 0 bridgehead atoms. The van der Waals surface area contributed by atoms with Gasteiger partial charge in [-0.25, -0.2) is 0 Å². The van der Waals surface area contributed by atoms with Crippen LogP contribution in [0.4, 0.5) is 5.69 Å². The lowest BCUT2D eigenvalue weighted by Gasteiger charge is -1.99. The number of phenolic OH excluding ortho intramolecular Hbond substituents is 1. The first-order valence-electron chi connectivity index (χ1n) is 7.68. The highest BCUT2D eigenvalue weighted by Crippen LogP contribution is 2.13. The van der Waals surface area contributed by atoms with E-state index in [1.165, 1.54) is 19.1 Å². The summed E-state index contributed by atoms with van der Waals surface area (Å²) in [5, 5.41) is 11.5. The average Bonchev–Trinajstić information content (AvgIpc) is 2.64. The Morgan fingerprint density at radius 2 is 1.22 bits per heavy atom. The minimum atomic E-state index is -0.115. The summed E-state index contributed by atoms with van der Waals surface area (Å²) in [6.07, 6.45) is 11.2. The zero-order valence-corrected chi connectivity index (χ0v) is 14.8. The van der Waals surface area contributed by atoms with Gasteiger partial charge in [0.1, 0.15) is 5.75 Å². The molecule has 3 aromatic rings. The molecule has 3 rings (SSSR count). The lowest BCUT2D eigenvalue weighted by Crippen LogP contribution is -2.04. The Kier molecular flexibility index (Phi) is 11.1. The molecular formula is C20H23N3O4. The lowest BCUT2D eigenvalue weighted by atomic mass is 10.2. The van der Waals surface area contributed by atoms with Crippen LogP contribution in [0.5, 0.6) is 5.75 Å². The van der Waals surface area contributed by atoms with Gasteiger partial charge in [-0.2, -0.15) is 0 Å². The van der Waals surface area contributed by atoms with Crippen molar-refractivity contribution in [3.63, 3.8) is 0 Å². The Morgan fingerprint density at radius 1 is 0.815 bits per heavy atom. The number of pyridine rings is 2. The molecule has 142 valence electrons. The van der Waals surface area contributed by atoms with Crippen LogP contribution in [-0.4, -0.2) is 31.9 Å². The molecule has 0 aliphatic rings. The fourth-order valence-corrected chi connectivity index (χ4v) is 1.89. The Bertz CT molecular complexity index is 766. The standard InChI is InChI=1S/C12H10N2.C8H9NO2.2H2O/c1(11-3-7-13-8-4-11)2-12-5-9-14-10-6-12;1-6(10)9-7-2-4-8(11)5-3-7;;/h1-10H;2-5,11H,1H3,(H,9,10);2*1H2/b2-1+;;;. The van der Waals surface area contributed by atoms with E-state index in [0.717, 1.165) is 11.1 Å². The van der Waals surface area contributed by atoms with Crippen molar-refractivity contribution in [2.24, 2.45) is 0 Å². The normalized spacial score (nSPS) is 9.22. The van der Waals surface area contributed by atoms with E-state index in [4.69, 9.17) is 5.11 Å². The van der Waals surface area contributed by atoms with Gasteiger partial charge < -0.3 is 21.4 Å². The molecule has 0 saturated heterocycles. The lowest BCUT2D eigenvalue weighted by molar-refractivity contribution is -0.114.